The molecule has 0 aliphatic heterocycles. The van der Waals surface area contributed by atoms with Crippen molar-refractivity contribution in [3.05, 3.63) is 28.3 Å². The number of carbonyl (C=O) groups excluding carboxylic acids is 1. The smallest absolute Gasteiger partial charge is 0.167 e. The van der Waals surface area contributed by atoms with Gasteiger partial charge in [0.2, 0.25) is 0 Å². The number of halogens is 1. The Morgan fingerprint density at radius 3 is 2.62 bits per heavy atom. The highest BCUT2D eigenvalue weighted by Gasteiger charge is 2.15. The number of ketones is 1. The number of benzene rings is 1. The van der Waals surface area contributed by atoms with Gasteiger partial charge in [-0.2, -0.15) is 0 Å². The lowest BCUT2D eigenvalue weighted by Gasteiger charge is -2.11. The molecule has 0 aliphatic carbocycles. The van der Waals surface area contributed by atoms with Crippen molar-refractivity contribution in [1.82, 2.24) is 0 Å². The molecule has 0 atom stereocenters. The molecule has 1 rings (SSSR count). The van der Waals surface area contributed by atoms with Gasteiger partial charge < -0.3 is 10.8 Å². The van der Waals surface area contributed by atoms with Crippen LogP contribution in [0.1, 0.15) is 42.1 Å². The molecule has 0 bridgehead atoms. The summed E-state index contributed by atoms with van der Waals surface area (Å²) in [5, 5.41) is 10.2. The van der Waals surface area contributed by atoms with E-state index in [0.29, 0.717) is 5.02 Å². The number of carbonyl (C=O) groups is 1. The zero-order chi connectivity index (χ0) is 12.3. The third kappa shape index (κ3) is 2.74. The summed E-state index contributed by atoms with van der Waals surface area (Å²) in [6.07, 6.45) is 0.213. The predicted octanol–water partition coefficient (Wildman–Crippen LogP) is 2.70. The summed E-state index contributed by atoms with van der Waals surface area (Å²) >= 11 is 6.05. The molecule has 3 N–H and O–H groups in total. The average molecular weight is 242 g/mol. The maximum Gasteiger partial charge on any atom is 0.167 e. The average Bonchev–Trinajstić information content (AvgIpc) is 2.20. The van der Waals surface area contributed by atoms with Gasteiger partial charge in [-0.3, -0.25) is 4.79 Å². The molecule has 1 aromatic rings. The molecule has 0 saturated carbocycles. The number of hydrogen-bond acceptors (Lipinski definition) is 3. The van der Waals surface area contributed by atoms with Crippen LogP contribution in [0, 0.1) is 0 Å². The van der Waals surface area contributed by atoms with Crippen LogP contribution >= 0.6 is 11.6 Å². The number of Topliss-reactive ketones (excluding diaryl/α,β-unsaturated/α-hetero) is 1. The largest absolute Gasteiger partial charge is 0.507 e. The molecule has 1 aromatic carbocycles. The number of phenolic OH excluding ortho intramolecular Hbond substituents is 1. The van der Waals surface area contributed by atoms with E-state index >= 15 is 0 Å². The maximum atomic E-state index is 11.6. The second kappa shape index (κ2) is 5.32. The first kappa shape index (κ1) is 13.0. The topological polar surface area (TPSA) is 63.3 Å². The molecule has 0 aliphatic rings. The molecule has 0 spiro atoms. The first-order chi connectivity index (χ1) is 7.47. The molecule has 4 heteroatoms. The van der Waals surface area contributed by atoms with Crippen molar-refractivity contribution < 1.29 is 9.90 Å². The van der Waals surface area contributed by atoms with Crippen LogP contribution in [0.25, 0.3) is 0 Å². The Morgan fingerprint density at radius 1 is 1.50 bits per heavy atom. The fraction of sp³-hybridized carbons (Fsp3) is 0.417. The Labute approximate surface area is 100 Å². The van der Waals surface area contributed by atoms with Gasteiger partial charge in [-0.15, -0.1) is 0 Å². The minimum absolute atomic E-state index is 0.0217. The summed E-state index contributed by atoms with van der Waals surface area (Å²) < 4.78 is 0. The highest BCUT2D eigenvalue weighted by molar-refractivity contribution is 6.32. The molecule has 0 aromatic heterocycles. The summed E-state index contributed by atoms with van der Waals surface area (Å²) in [5.41, 5.74) is 6.38. The van der Waals surface area contributed by atoms with E-state index in [1.807, 2.05) is 13.8 Å². The summed E-state index contributed by atoms with van der Waals surface area (Å²) in [5.74, 6) is 0.000756. The van der Waals surface area contributed by atoms with Gasteiger partial charge in [0.15, 0.2) is 5.78 Å². The standard InChI is InChI=1S/C12H16ClNO2/c1-7(2)8-6-12(16)9(5-10(8)13)11(15)3-4-14/h5-7,16H,3-4,14H2,1-2H3. The Hall–Kier alpha value is -1.06. The minimum Gasteiger partial charge on any atom is -0.507 e. The fourth-order valence-corrected chi connectivity index (χ4v) is 1.89. The normalized spacial score (nSPS) is 10.8. The first-order valence-corrected chi connectivity index (χ1v) is 5.60. The zero-order valence-corrected chi connectivity index (χ0v) is 10.2. The minimum atomic E-state index is -0.183. The second-order valence-electron chi connectivity index (χ2n) is 4.01. The van der Waals surface area contributed by atoms with Crippen molar-refractivity contribution in [2.75, 3.05) is 6.54 Å². The van der Waals surface area contributed by atoms with Crippen molar-refractivity contribution in [2.45, 2.75) is 26.2 Å². The first-order valence-electron chi connectivity index (χ1n) is 5.23. The van der Waals surface area contributed by atoms with Gasteiger partial charge in [0.05, 0.1) is 5.56 Å². The SMILES string of the molecule is CC(C)c1cc(O)c(C(=O)CCN)cc1Cl. The fourth-order valence-electron chi connectivity index (χ4n) is 1.51. The number of rotatable bonds is 4. The van der Waals surface area contributed by atoms with E-state index in [4.69, 9.17) is 17.3 Å². The maximum absolute atomic E-state index is 11.6. The molecule has 0 heterocycles. The Bertz CT molecular complexity index is 402. The van der Waals surface area contributed by atoms with Gasteiger partial charge >= 0.3 is 0 Å². The number of aromatic hydroxyl groups is 1. The van der Waals surface area contributed by atoms with E-state index in [2.05, 4.69) is 0 Å². The van der Waals surface area contributed by atoms with Crippen LogP contribution in [0.5, 0.6) is 5.75 Å². The quantitative estimate of drug-likeness (QED) is 0.797. The Balaban J connectivity index is 3.15. The Morgan fingerprint density at radius 2 is 2.12 bits per heavy atom. The van der Waals surface area contributed by atoms with E-state index in [1.54, 1.807) is 6.07 Å². The van der Waals surface area contributed by atoms with Crippen LogP contribution in [0.2, 0.25) is 5.02 Å². The molecule has 0 unspecified atom stereocenters. The number of nitrogens with two attached hydrogens (primary N) is 1. The summed E-state index contributed by atoms with van der Waals surface area (Å²) in [7, 11) is 0. The monoisotopic (exact) mass is 241 g/mol. The highest BCUT2D eigenvalue weighted by atomic mass is 35.5. The molecule has 0 radical (unpaired) electrons. The number of phenols is 1. The second-order valence-corrected chi connectivity index (χ2v) is 4.41. The summed E-state index contributed by atoms with van der Waals surface area (Å²) in [4.78, 5) is 11.6. The van der Waals surface area contributed by atoms with Crippen molar-refractivity contribution >= 4 is 17.4 Å². The van der Waals surface area contributed by atoms with Crippen LogP contribution < -0.4 is 5.73 Å². The van der Waals surface area contributed by atoms with Crippen LogP contribution in [-0.4, -0.2) is 17.4 Å². The highest BCUT2D eigenvalue weighted by Crippen LogP contribution is 2.31. The van der Waals surface area contributed by atoms with Crippen molar-refractivity contribution in [3.8, 4) is 5.75 Å². The molecular weight excluding hydrogens is 226 g/mol. The molecule has 3 nitrogen and oxygen atoms in total. The van der Waals surface area contributed by atoms with E-state index in [9.17, 15) is 9.90 Å². The van der Waals surface area contributed by atoms with E-state index in [1.165, 1.54) is 6.07 Å². The molecule has 0 fully saturated rings. The van der Waals surface area contributed by atoms with Crippen LogP contribution in [0.3, 0.4) is 0 Å². The van der Waals surface area contributed by atoms with E-state index in [0.717, 1.165) is 5.56 Å². The molecular formula is C12H16ClNO2. The van der Waals surface area contributed by atoms with Crippen LogP contribution in [-0.2, 0) is 0 Å². The van der Waals surface area contributed by atoms with Crippen LogP contribution in [0.15, 0.2) is 12.1 Å². The lowest BCUT2D eigenvalue weighted by atomic mass is 9.98. The van der Waals surface area contributed by atoms with E-state index in [-0.39, 0.29) is 36.0 Å². The summed E-state index contributed by atoms with van der Waals surface area (Å²) in [6, 6.07) is 3.07. The van der Waals surface area contributed by atoms with Crippen molar-refractivity contribution in [1.29, 1.82) is 0 Å². The lowest BCUT2D eigenvalue weighted by Crippen LogP contribution is -2.08. The molecule has 16 heavy (non-hydrogen) atoms. The summed E-state index contributed by atoms with van der Waals surface area (Å²) in [6.45, 7) is 4.21. The lowest BCUT2D eigenvalue weighted by molar-refractivity contribution is 0.0983. The predicted molar refractivity (Wildman–Crippen MR) is 65.2 cm³/mol. The number of hydrogen-bond donors (Lipinski definition) is 2. The van der Waals surface area contributed by atoms with Crippen LogP contribution in [0.4, 0.5) is 0 Å². The van der Waals surface area contributed by atoms with Gasteiger partial charge in [-0.05, 0) is 30.2 Å². The van der Waals surface area contributed by atoms with Crippen molar-refractivity contribution in [2.24, 2.45) is 5.73 Å². The van der Waals surface area contributed by atoms with Gasteiger partial charge in [-0.25, -0.2) is 0 Å². The van der Waals surface area contributed by atoms with Gasteiger partial charge in [-0.1, -0.05) is 25.4 Å². The third-order valence-corrected chi connectivity index (χ3v) is 2.74. The third-order valence-electron chi connectivity index (χ3n) is 2.41. The van der Waals surface area contributed by atoms with Gasteiger partial charge in [0.25, 0.3) is 0 Å². The van der Waals surface area contributed by atoms with Crippen molar-refractivity contribution in [3.63, 3.8) is 0 Å². The van der Waals surface area contributed by atoms with E-state index < -0.39 is 0 Å². The molecule has 88 valence electrons. The molecule has 0 amide bonds. The van der Waals surface area contributed by atoms with Gasteiger partial charge in [0, 0.05) is 11.4 Å². The molecule has 0 saturated heterocycles. The van der Waals surface area contributed by atoms with Gasteiger partial charge in [0.1, 0.15) is 5.75 Å². The zero-order valence-electron chi connectivity index (χ0n) is 9.46. The Kier molecular flexibility index (Phi) is 4.33.